The summed E-state index contributed by atoms with van der Waals surface area (Å²) < 4.78 is 14.0. The van der Waals surface area contributed by atoms with Crippen molar-refractivity contribution < 1.29 is 4.39 Å². The maximum Gasteiger partial charge on any atom is 0.146 e. The van der Waals surface area contributed by atoms with E-state index in [4.69, 9.17) is 0 Å². The molecule has 1 N–H and O–H groups in total. The molecule has 0 aliphatic carbocycles. The van der Waals surface area contributed by atoms with E-state index in [1.807, 2.05) is 18.0 Å². The van der Waals surface area contributed by atoms with Crippen LogP contribution in [0.2, 0.25) is 0 Å². The van der Waals surface area contributed by atoms with Gasteiger partial charge in [0.1, 0.15) is 5.82 Å². The minimum Gasteiger partial charge on any atom is -0.368 e. The normalized spacial score (nSPS) is 12.2. The molecule has 0 heterocycles. The van der Waals surface area contributed by atoms with Crippen LogP contribution >= 0.6 is 0 Å². The number of nitrogens with zero attached hydrogens (tertiary/aromatic N) is 1. The van der Waals surface area contributed by atoms with Crippen LogP contribution in [-0.4, -0.2) is 20.1 Å². The van der Waals surface area contributed by atoms with Crippen LogP contribution in [0.15, 0.2) is 30.9 Å². The van der Waals surface area contributed by atoms with Crippen molar-refractivity contribution in [3.8, 4) is 0 Å². The number of hydrogen-bond donors (Lipinski definition) is 1. The second kappa shape index (κ2) is 7.17. The van der Waals surface area contributed by atoms with Crippen molar-refractivity contribution in [3.63, 3.8) is 0 Å². The van der Waals surface area contributed by atoms with Crippen molar-refractivity contribution in [3.05, 3.63) is 42.2 Å². The van der Waals surface area contributed by atoms with Crippen molar-refractivity contribution in [2.24, 2.45) is 0 Å². The third kappa shape index (κ3) is 3.57. The highest BCUT2D eigenvalue weighted by molar-refractivity contribution is 5.56. The van der Waals surface area contributed by atoms with Crippen LogP contribution < -0.4 is 10.2 Å². The molecule has 1 aromatic carbocycles. The molecule has 0 aliphatic rings. The van der Waals surface area contributed by atoms with Gasteiger partial charge in [0.05, 0.1) is 5.69 Å². The van der Waals surface area contributed by atoms with Gasteiger partial charge in [-0.2, -0.15) is 0 Å². The fourth-order valence-electron chi connectivity index (χ4n) is 2.04. The zero-order chi connectivity index (χ0) is 13.5. The van der Waals surface area contributed by atoms with Crippen molar-refractivity contribution in [1.82, 2.24) is 5.32 Å². The molecule has 1 aromatic rings. The van der Waals surface area contributed by atoms with Gasteiger partial charge in [-0.3, -0.25) is 0 Å². The van der Waals surface area contributed by atoms with E-state index in [2.05, 4.69) is 25.7 Å². The number of likely N-dealkylation sites (N-methyl/N-ethyl adjacent to an activating group) is 1. The monoisotopic (exact) mass is 250 g/mol. The van der Waals surface area contributed by atoms with E-state index in [0.29, 0.717) is 12.2 Å². The molecular weight excluding hydrogens is 227 g/mol. The molecule has 1 rings (SSSR count). The van der Waals surface area contributed by atoms with Crippen molar-refractivity contribution in [2.75, 3.05) is 25.0 Å². The van der Waals surface area contributed by atoms with E-state index in [9.17, 15) is 4.39 Å². The molecule has 0 radical (unpaired) electrons. The molecule has 1 atom stereocenters. The number of anilines is 1. The number of hydrogen-bond acceptors (Lipinski definition) is 2. The topological polar surface area (TPSA) is 15.3 Å². The lowest BCUT2D eigenvalue weighted by Gasteiger charge is -2.25. The van der Waals surface area contributed by atoms with E-state index in [1.165, 1.54) is 6.07 Å². The minimum atomic E-state index is -0.179. The van der Waals surface area contributed by atoms with Crippen molar-refractivity contribution in [1.29, 1.82) is 0 Å². The zero-order valence-corrected chi connectivity index (χ0v) is 11.5. The second-order valence-corrected chi connectivity index (χ2v) is 4.52. The highest BCUT2D eigenvalue weighted by atomic mass is 19.1. The quantitative estimate of drug-likeness (QED) is 0.745. The molecule has 2 nitrogen and oxygen atoms in total. The second-order valence-electron chi connectivity index (χ2n) is 4.52. The van der Waals surface area contributed by atoms with Gasteiger partial charge < -0.3 is 10.2 Å². The van der Waals surface area contributed by atoms with Crippen LogP contribution in [0.4, 0.5) is 10.1 Å². The number of para-hydroxylation sites is 1. The third-order valence-electron chi connectivity index (χ3n) is 2.97. The van der Waals surface area contributed by atoms with E-state index in [1.54, 1.807) is 12.1 Å². The Labute approximate surface area is 110 Å². The Bertz CT molecular complexity index is 390. The summed E-state index contributed by atoms with van der Waals surface area (Å²) in [7, 11) is 1.89. The summed E-state index contributed by atoms with van der Waals surface area (Å²) in [6.45, 7) is 9.45. The highest BCUT2D eigenvalue weighted by Crippen LogP contribution is 2.28. The first-order valence-electron chi connectivity index (χ1n) is 6.45. The summed E-state index contributed by atoms with van der Waals surface area (Å²) in [6, 6.07) is 5.39. The molecular formula is C15H23FN2. The molecule has 0 spiro atoms. The molecule has 0 saturated heterocycles. The minimum absolute atomic E-state index is 0.142. The van der Waals surface area contributed by atoms with Crippen LogP contribution in [0, 0.1) is 5.82 Å². The Kier molecular flexibility index (Phi) is 5.86. The maximum absolute atomic E-state index is 14.0. The zero-order valence-electron chi connectivity index (χ0n) is 11.5. The van der Waals surface area contributed by atoms with Gasteiger partial charge in [0.25, 0.3) is 0 Å². The molecule has 0 aliphatic heterocycles. The number of rotatable bonds is 7. The van der Waals surface area contributed by atoms with Crippen LogP contribution in [-0.2, 0) is 0 Å². The van der Waals surface area contributed by atoms with E-state index >= 15 is 0 Å². The smallest absolute Gasteiger partial charge is 0.146 e. The molecule has 0 aromatic heterocycles. The van der Waals surface area contributed by atoms with Crippen molar-refractivity contribution in [2.45, 2.75) is 26.3 Å². The van der Waals surface area contributed by atoms with E-state index in [0.717, 1.165) is 18.5 Å². The fraction of sp³-hybridized carbons (Fsp3) is 0.467. The predicted molar refractivity (Wildman–Crippen MR) is 76.6 cm³/mol. The SMILES string of the molecule is C=CCN(C)c1c(F)cccc1C(C)NCCC. The van der Waals surface area contributed by atoms with E-state index in [-0.39, 0.29) is 11.9 Å². The Hall–Kier alpha value is -1.35. The first-order chi connectivity index (χ1) is 8.61. The van der Waals surface area contributed by atoms with Crippen molar-refractivity contribution >= 4 is 5.69 Å². The summed E-state index contributed by atoms with van der Waals surface area (Å²) in [5.74, 6) is -0.179. The first kappa shape index (κ1) is 14.7. The van der Waals surface area contributed by atoms with Crippen LogP contribution in [0.1, 0.15) is 31.9 Å². The first-order valence-corrected chi connectivity index (χ1v) is 6.45. The highest BCUT2D eigenvalue weighted by Gasteiger charge is 2.16. The summed E-state index contributed by atoms with van der Waals surface area (Å²) >= 11 is 0. The van der Waals surface area contributed by atoms with Gasteiger partial charge in [0, 0.05) is 19.6 Å². The fourth-order valence-corrected chi connectivity index (χ4v) is 2.04. The van der Waals surface area contributed by atoms with Crippen LogP contribution in [0.5, 0.6) is 0 Å². The maximum atomic E-state index is 14.0. The largest absolute Gasteiger partial charge is 0.368 e. The molecule has 0 saturated carbocycles. The van der Waals surface area contributed by atoms with Crippen LogP contribution in [0.3, 0.4) is 0 Å². The Morgan fingerprint density at radius 3 is 2.83 bits per heavy atom. The van der Waals surface area contributed by atoms with Gasteiger partial charge in [-0.25, -0.2) is 4.39 Å². The van der Waals surface area contributed by atoms with E-state index < -0.39 is 0 Å². The number of benzene rings is 1. The molecule has 18 heavy (non-hydrogen) atoms. The molecule has 0 bridgehead atoms. The van der Waals surface area contributed by atoms with Gasteiger partial charge >= 0.3 is 0 Å². The summed E-state index contributed by atoms with van der Waals surface area (Å²) in [6.07, 6.45) is 2.85. The van der Waals surface area contributed by atoms with Gasteiger partial charge in [-0.15, -0.1) is 6.58 Å². The summed E-state index contributed by atoms with van der Waals surface area (Å²) in [4.78, 5) is 1.89. The molecule has 3 heteroatoms. The lowest BCUT2D eigenvalue weighted by Crippen LogP contribution is -2.25. The lowest BCUT2D eigenvalue weighted by atomic mass is 10.0. The predicted octanol–water partition coefficient (Wildman–Crippen LogP) is 3.51. The third-order valence-corrected chi connectivity index (χ3v) is 2.97. The lowest BCUT2D eigenvalue weighted by molar-refractivity contribution is 0.561. The van der Waals surface area contributed by atoms with Gasteiger partial charge in [0.15, 0.2) is 0 Å². The summed E-state index contributed by atoms with van der Waals surface area (Å²) in [5.41, 5.74) is 1.65. The molecule has 1 unspecified atom stereocenters. The molecule has 0 amide bonds. The summed E-state index contributed by atoms with van der Waals surface area (Å²) in [5, 5.41) is 3.39. The average Bonchev–Trinajstić information content (AvgIpc) is 2.35. The number of nitrogens with one attached hydrogen (secondary N) is 1. The van der Waals surface area contributed by atoms with Gasteiger partial charge in [-0.05, 0) is 31.5 Å². The van der Waals surface area contributed by atoms with Gasteiger partial charge in [-0.1, -0.05) is 25.1 Å². The number of halogens is 1. The Morgan fingerprint density at radius 1 is 1.50 bits per heavy atom. The molecule has 100 valence electrons. The Balaban J connectivity index is 3.02. The van der Waals surface area contributed by atoms with Crippen LogP contribution in [0.25, 0.3) is 0 Å². The van der Waals surface area contributed by atoms with Gasteiger partial charge in [0.2, 0.25) is 0 Å². The molecule has 0 fully saturated rings. The Morgan fingerprint density at radius 2 is 2.22 bits per heavy atom. The average molecular weight is 250 g/mol. The standard InChI is InChI=1S/C15H23FN2/c1-5-10-17-12(3)13-8-7-9-14(16)15(13)18(4)11-6-2/h6-9,12,17H,2,5,10-11H2,1,3-4H3.